The van der Waals surface area contributed by atoms with Crippen LogP contribution in [-0.2, 0) is 10.3 Å². The van der Waals surface area contributed by atoms with E-state index in [1.54, 1.807) is 11.8 Å². The molecule has 0 spiro atoms. The van der Waals surface area contributed by atoms with Crippen LogP contribution in [0.15, 0.2) is 84.9 Å². The first-order chi connectivity index (χ1) is 18.5. The molecule has 0 radical (unpaired) electrons. The van der Waals surface area contributed by atoms with Gasteiger partial charge in [0.25, 0.3) is 5.91 Å². The molecule has 3 aromatic rings. The highest BCUT2D eigenvalue weighted by atomic mass is 35.5. The molecule has 198 valence electrons. The normalized spacial score (nSPS) is 18.8. The van der Waals surface area contributed by atoms with E-state index < -0.39 is 11.6 Å². The van der Waals surface area contributed by atoms with Gasteiger partial charge in [-0.3, -0.25) is 19.5 Å². The largest absolute Gasteiger partial charge is 0.390 e. The number of amides is 3. The lowest BCUT2D eigenvalue weighted by Gasteiger charge is -2.39. The van der Waals surface area contributed by atoms with Crippen molar-refractivity contribution in [1.29, 1.82) is 0 Å². The Bertz CT molecular complexity index is 1230. The lowest BCUT2D eigenvalue weighted by molar-refractivity contribution is -0.132. The summed E-state index contributed by atoms with van der Waals surface area (Å²) in [6.45, 7) is 5.61. The molecule has 2 aliphatic rings. The van der Waals surface area contributed by atoms with Crippen LogP contribution in [0.5, 0.6) is 0 Å². The number of carbonyl (C=O) groups excluding carboxylic acids is 2. The van der Waals surface area contributed by atoms with E-state index in [0.29, 0.717) is 17.7 Å². The standard InChI is InChI=1S/C30H33ClN4O3/c1-2-34-28(37)30(23-11-5-3-6-12-23,24-13-7-4-8-14-24)35(29(34)38)22-25(36)21-32-17-19-33(20-18-32)27-16-10-9-15-26(27)31/h3-16,25,36H,2,17-22H2,1H3. The van der Waals surface area contributed by atoms with Crippen molar-refractivity contribution in [3.63, 3.8) is 0 Å². The molecule has 0 bridgehead atoms. The number of hydrogen-bond acceptors (Lipinski definition) is 5. The third kappa shape index (κ3) is 4.66. The first-order valence-corrected chi connectivity index (χ1v) is 13.5. The number of imide groups is 1. The molecule has 5 rings (SSSR count). The van der Waals surface area contributed by atoms with Crippen LogP contribution in [0.4, 0.5) is 10.5 Å². The fraction of sp³-hybridized carbons (Fsp3) is 0.333. The number of rotatable bonds is 8. The van der Waals surface area contributed by atoms with Gasteiger partial charge in [-0.25, -0.2) is 4.79 Å². The number of aliphatic hydroxyl groups is 1. The van der Waals surface area contributed by atoms with E-state index in [9.17, 15) is 14.7 Å². The second kappa shape index (κ2) is 11.2. The molecule has 0 aromatic heterocycles. The third-order valence-electron chi connectivity index (χ3n) is 7.55. The molecule has 2 heterocycles. The zero-order valence-electron chi connectivity index (χ0n) is 21.5. The van der Waals surface area contributed by atoms with Crippen LogP contribution in [0.3, 0.4) is 0 Å². The molecule has 0 saturated carbocycles. The molecule has 3 amide bonds. The van der Waals surface area contributed by atoms with Crippen LogP contribution in [0.1, 0.15) is 18.1 Å². The average Bonchev–Trinajstić information content (AvgIpc) is 3.16. The summed E-state index contributed by atoms with van der Waals surface area (Å²) in [4.78, 5) is 35.0. The molecule has 1 atom stereocenters. The molecule has 8 heteroatoms. The van der Waals surface area contributed by atoms with Gasteiger partial charge in [-0.1, -0.05) is 84.4 Å². The van der Waals surface area contributed by atoms with Crippen molar-refractivity contribution in [2.45, 2.75) is 18.6 Å². The van der Waals surface area contributed by atoms with Gasteiger partial charge in [0.15, 0.2) is 5.54 Å². The quantitative estimate of drug-likeness (QED) is 0.443. The van der Waals surface area contributed by atoms with Crippen LogP contribution in [0.2, 0.25) is 5.02 Å². The number of urea groups is 1. The Morgan fingerprint density at radius 1 is 0.816 bits per heavy atom. The maximum absolute atomic E-state index is 14.0. The summed E-state index contributed by atoms with van der Waals surface area (Å²) in [7, 11) is 0. The van der Waals surface area contributed by atoms with E-state index in [1.807, 2.05) is 84.9 Å². The highest BCUT2D eigenvalue weighted by Crippen LogP contribution is 2.43. The second-order valence-electron chi connectivity index (χ2n) is 9.78. The fourth-order valence-electron chi connectivity index (χ4n) is 5.71. The predicted molar refractivity (Wildman–Crippen MR) is 149 cm³/mol. The molecular formula is C30H33ClN4O3. The molecule has 0 aliphatic carbocycles. The smallest absolute Gasteiger partial charge is 0.328 e. The zero-order chi connectivity index (χ0) is 26.7. The summed E-state index contributed by atoms with van der Waals surface area (Å²) in [6.07, 6.45) is -0.831. The second-order valence-corrected chi connectivity index (χ2v) is 10.2. The van der Waals surface area contributed by atoms with Gasteiger partial charge in [-0.05, 0) is 30.2 Å². The molecule has 3 aromatic carbocycles. The fourth-order valence-corrected chi connectivity index (χ4v) is 5.97. The van der Waals surface area contributed by atoms with Crippen molar-refractivity contribution >= 4 is 29.2 Å². The number of hydrogen-bond donors (Lipinski definition) is 1. The van der Waals surface area contributed by atoms with Crippen LogP contribution in [0.25, 0.3) is 0 Å². The molecule has 1 N–H and O–H groups in total. The molecular weight excluding hydrogens is 500 g/mol. The first kappa shape index (κ1) is 26.2. The van der Waals surface area contributed by atoms with E-state index in [2.05, 4.69) is 9.80 Å². The van der Waals surface area contributed by atoms with Gasteiger partial charge in [0.1, 0.15) is 0 Å². The van der Waals surface area contributed by atoms with Crippen LogP contribution < -0.4 is 4.90 Å². The minimum Gasteiger partial charge on any atom is -0.390 e. The predicted octanol–water partition coefficient (Wildman–Crippen LogP) is 4.05. The minimum atomic E-state index is -1.33. The van der Waals surface area contributed by atoms with Gasteiger partial charge in [0.05, 0.1) is 23.4 Å². The third-order valence-corrected chi connectivity index (χ3v) is 7.87. The lowest BCUT2D eigenvalue weighted by Crippen LogP contribution is -2.53. The maximum atomic E-state index is 14.0. The summed E-state index contributed by atoms with van der Waals surface area (Å²) in [5.41, 5.74) is 1.10. The number of para-hydroxylation sites is 1. The van der Waals surface area contributed by atoms with Crippen LogP contribution in [-0.4, -0.2) is 83.7 Å². The van der Waals surface area contributed by atoms with Crippen LogP contribution >= 0.6 is 11.6 Å². The van der Waals surface area contributed by atoms with Gasteiger partial charge in [0.2, 0.25) is 0 Å². The number of likely N-dealkylation sites (N-methyl/N-ethyl adjacent to an activating group) is 1. The monoisotopic (exact) mass is 532 g/mol. The summed E-state index contributed by atoms with van der Waals surface area (Å²) < 4.78 is 0. The molecule has 2 aliphatic heterocycles. The van der Waals surface area contributed by atoms with E-state index in [4.69, 9.17) is 11.6 Å². The van der Waals surface area contributed by atoms with Gasteiger partial charge in [-0.15, -0.1) is 0 Å². The summed E-state index contributed by atoms with van der Waals surface area (Å²) in [6, 6.07) is 26.2. The SMILES string of the molecule is CCN1C(=O)N(CC(O)CN2CCN(c3ccccc3Cl)CC2)C(c2ccccc2)(c2ccccc2)C1=O. The molecule has 2 fully saturated rings. The van der Waals surface area contributed by atoms with E-state index >= 15 is 0 Å². The Hall–Kier alpha value is -3.39. The van der Waals surface area contributed by atoms with E-state index in [0.717, 1.165) is 36.9 Å². The first-order valence-electron chi connectivity index (χ1n) is 13.1. The summed E-state index contributed by atoms with van der Waals surface area (Å²) >= 11 is 6.39. The topological polar surface area (TPSA) is 67.3 Å². The van der Waals surface area contributed by atoms with E-state index in [1.165, 1.54) is 4.90 Å². The summed E-state index contributed by atoms with van der Waals surface area (Å²) in [5.74, 6) is -0.289. The Balaban J connectivity index is 1.38. The number of nitrogens with zero attached hydrogens (tertiary/aromatic N) is 4. The number of piperazine rings is 1. The maximum Gasteiger partial charge on any atom is 0.328 e. The van der Waals surface area contributed by atoms with Gasteiger partial charge < -0.3 is 10.0 Å². The molecule has 1 unspecified atom stereocenters. The molecule has 2 saturated heterocycles. The molecule has 7 nitrogen and oxygen atoms in total. The van der Waals surface area contributed by atoms with Gasteiger partial charge in [-0.2, -0.15) is 0 Å². The minimum absolute atomic E-state index is 0.0373. The van der Waals surface area contributed by atoms with Crippen molar-refractivity contribution in [2.24, 2.45) is 0 Å². The van der Waals surface area contributed by atoms with Crippen LogP contribution in [0, 0.1) is 0 Å². The van der Waals surface area contributed by atoms with Gasteiger partial charge in [0, 0.05) is 39.3 Å². The average molecular weight is 533 g/mol. The number of carbonyl (C=O) groups is 2. The number of β-amino-alcohol motifs (C(OH)–C–C–N with tert-alkyl or cyclic N) is 1. The highest BCUT2D eigenvalue weighted by molar-refractivity contribution is 6.33. The number of aliphatic hydroxyl groups excluding tert-OH is 1. The van der Waals surface area contributed by atoms with Crippen molar-refractivity contribution in [3.8, 4) is 0 Å². The van der Waals surface area contributed by atoms with E-state index in [-0.39, 0.29) is 25.0 Å². The number of benzene rings is 3. The highest BCUT2D eigenvalue weighted by Gasteiger charge is 2.59. The number of anilines is 1. The Kier molecular flexibility index (Phi) is 7.70. The number of halogens is 1. The van der Waals surface area contributed by atoms with Crippen molar-refractivity contribution < 1.29 is 14.7 Å². The Morgan fingerprint density at radius 2 is 1.37 bits per heavy atom. The van der Waals surface area contributed by atoms with Crippen molar-refractivity contribution in [2.75, 3.05) is 50.7 Å². The Morgan fingerprint density at radius 3 is 1.92 bits per heavy atom. The van der Waals surface area contributed by atoms with Crippen molar-refractivity contribution in [1.82, 2.24) is 14.7 Å². The molecule has 38 heavy (non-hydrogen) atoms. The summed E-state index contributed by atoms with van der Waals surface area (Å²) in [5, 5.41) is 12.0. The van der Waals surface area contributed by atoms with Crippen molar-refractivity contribution in [3.05, 3.63) is 101 Å². The van der Waals surface area contributed by atoms with Gasteiger partial charge >= 0.3 is 6.03 Å². The Labute approximate surface area is 228 Å². The lowest BCUT2D eigenvalue weighted by atomic mass is 9.81. The zero-order valence-corrected chi connectivity index (χ0v) is 22.3.